The van der Waals surface area contributed by atoms with E-state index in [4.69, 9.17) is 4.74 Å². The van der Waals surface area contributed by atoms with Crippen molar-refractivity contribution in [1.29, 1.82) is 0 Å². The molecule has 1 rings (SSSR count). The van der Waals surface area contributed by atoms with E-state index >= 15 is 0 Å². The maximum absolute atomic E-state index is 5.31. The van der Waals surface area contributed by atoms with Crippen LogP contribution in [-0.2, 0) is 6.42 Å². The van der Waals surface area contributed by atoms with E-state index in [0.717, 1.165) is 29.1 Å². The number of rotatable bonds is 10. The molecule has 2 nitrogen and oxygen atoms in total. The van der Waals surface area contributed by atoms with Gasteiger partial charge in [0.1, 0.15) is 5.75 Å². The van der Waals surface area contributed by atoms with Crippen LogP contribution < -0.4 is 10.1 Å². The van der Waals surface area contributed by atoms with E-state index in [1.54, 1.807) is 7.11 Å². The van der Waals surface area contributed by atoms with Crippen molar-refractivity contribution in [3.05, 3.63) is 28.2 Å². The lowest BCUT2D eigenvalue weighted by atomic mass is 9.86. The second-order valence-electron chi connectivity index (χ2n) is 5.67. The molecule has 0 radical (unpaired) electrons. The first-order chi connectivity index (χ1) is 10.2. The Balaban J connectivity index is 2.82. The van der Waals surface area contributed by atoms with Crippen molar-refractivity contribution < 1.29 is 4.74 Å². The summed E-state index contributed by atoms with van der Waals surface area (Å²) in [7, 11) is 1.71. The SMILES string of the molecule is CCCC(CCC)C(Cc1ccc(OC)c(Br)c1)NCC. The molecule has 0 spiro atoms. The molecule has 1 N–H and O–H groups in total. The fraction of sp³-hybridized carbons (Fsp3) is 0.667. The highest BCUT2D eigenvalue weighted by Gasteiger charge is 2.20. The molecule has 0 aromatic heterocycles. The van der Waals surface area contributed by atoms with Gasteiger partial charge in [-0.25, -0.2) is 0 Å². The van der Waals surface area contributed by atoms with Gasteiger partial charge in [-0.1, -0.05) is 39.7 Å². The van der Waals surface area contributed by atoms with Crippen LogP contribution in [0.15, 0.2) is 22.7 Å². The summed E-state index contributed by atoms with van der Waals surface area (Å²) in [5, 5.41) is 3.70. The van der Waals surface area contributed by atoms with Crippen LogP contribution in [0, 0.1) is 5.92 Å². The Labute approximate surface area is 138 Å². The van der Waals surface area contributed by atoms with Gasteiger partial charge in [-0.3, -0.25) is 0 Å². The van der Waals surface area contributed by atoms with Crippen LogP contribution >= 0.6 is 15.9 Å². The third kappa shape index (κ3) is 5.99. The quantitative estimate of drug-likeness (QED) is 0.623. The van der Waals surface area contributed by atoms with Gasteiger partial charge in [-0.2, -0.15) is 0 Å². The Morgan fingerprint density at radius 2 is 1.81 bits per heavy atom. The fourth-order valence-electron chi connectivity index (χ4n) is 3.05. The fourth-order valence-corrected chi connectivity index (χ4v) is 3.63. The number of halogens is 1. The van der Waals surface area contributed by atoms with Crippen LogP contribution in [0.1, 0.15) is 52.0 Å². The average molecular weight is 356 g/mol. The predicted molar refractivity (Wildman–Crippen MR) is 95.2 cm³/mol. The summed E-state index contributed by atoms with van der Waals surface area (Å²) in [6.45, 7) is 7.81. The molecule has 0 saturated heterocycles. The van der Waals surface area contributed by atoms with Crippen LogP contribution in [0.5, 0.6) is 5.75 Å². The van der Waals surface area contributed by atoms with Gasteiger partial charge in [-0.05, 0) is 65.4 Å². The smallest absolute Gasteiger partial charge is 0.133 e. The van der Waals surface area contributed by atoms with Crippen molar-refractivity contribution >= 4 is 15.9 Å². The molecule has 0 amide bonds. The molecule has 1 aromatic rings. The van der Waals surface area contributed by atoms with E-state index in [1.807, 2.05) is 0 Å². The highest BCUT2D eigenvalue weighted by Crippen LogP contribution is 2.27. The normalized spacial score (nSPS) is 12.7. The van der Waals surface area contributed by atoms with Crippen molar-refractivity contribution in [2.45, 2.75) is 58.9 Å². The predicted octanol–water partition coefficient (Wildman–Crippen LogP) is 5.19. The van der Waals surface area contributed by atoms with Crippen molar-refractivity contribution in [1.82, 2.24) is 5.32 Å². The Hall–Kier alpha value is -0.540. The molecule has 0 bridgehead atoms. The monoisotopic (exact) mass is 355 g/mol. The second kappa shape index (κ2) is 10.2. The number of benzene rings is 1. The first kappa shape index (κ1) is 18.5. The maximum atomic E-state index is 5.31. The third-order valence-electron chi connectivity index (χ3n) is 4.03. The van der Waals surface area contributed by atoms with Gasteiger partial charge in [0.15, 0.2) is 0 Å². The average Bonchev–Trinajstić information content (AvgIpc) is 2.47. The molecule has 0 aliphatic rings. The number of methoxy groups -OCH3 is 1. The summed E-state index contributed by atoms with van der Waals surface area (Å²) in [5.74, 6) is 1.67. The first-order valence-corrected chi connectivity index (χ1v) is 9.01. The molecule has 3 heteroatoms. The number of ether oxygens (including phenoxy) is 1. The minimum absolute atomic E-state index is 0.565. The van der Waals surface area contributed by atoms with Crippen LogP contribution in [0.25, 0.3) is 0 Å². The van der Waals surface area contributed by atoms with Crippen LogP contribution in [0.4, 0.5) is 0 Å². The Kier molecular flexibility index (Phi) is 9.02. The lowest BCUT2D eigenvalue weighted by molar-refractivity contribution is 0.312. The zero-order valence-electron chi connectivity index (χ0n) is 13.9. The minimum Gasteiger partial charge on any atom is -0.496 e. The van der Waals surface area contributed by atoms with Gasteiger partial charge in [0.2, 0.25) is 0 Å². The van der Waals surface area contributed by atoms with E-state index in [9.17, 15) is 0 Å². The van der Waals surface area contributed by atoms with Crippen molar-refractivity contribution in [3.8, 4) is 5.75 Å². The van der Waals surface area contributed by atoms with E-state index in [0.29, 0.717) is 6.04 Å². The van der Waals surface area contributed by atoms with Crippen LogP contribution in [0.2, 0.25) is 0 Å². The highest BCUT2D eigenvalue weighted by molar-refractivity contribution is 9.10. The molecule has 120 valence electrons. The second-order valence-corrected chi connectivity index (χ2v) is 6.53. The summed E-state index contributed by atoms with van der Waals surface area (Å²) in [6, 6.07) is 6.99. The molecule has 0 saturated carbocycles. The zero-order valence-corrected chi connectivity index (χ0v) is 15.5. The van der Waals surface area contributed by atoms with E-state index in [1.165, 1.54) is 31.2 Å². The topological polar surface area (TPSA) is 21.3 Å². The summed E-state index contributed by atoms with van der Waals surface area (Å²) in [4.78, 5) is 0. The van der Waals surface area contributed by atoms with Crippen LogP contribution in [-0.4, -0.2) is 19.7 Å². The van der Waals surface area contributed by atoms with Crippen molar-refractivity contribution in [3.63, 3.8) is 0 Å². The largest absolute Gasteiger partial charge is 0.496 e. The van der Waals surface area contributed by atoms with Gasteiger partial charge in [0, 0.05) is 6.04 Å². The van der Waals surface area contributed by atoms with Gasteiger partial charge in [-0.15, -0.1) is 0 Å². The van der Waals surface area contributed by atoms with Gasteiger partial charge in [0.05, 0.1) is 11.6 Å². The van der Waals surface area contributed by atoms with Crippen molar-refractivity contribution in [2.24, 2.45) is 5.92 Å². The lowest BCUT2D eigenvalue weighted by Gasteiger charge is -2.28. The van der Waals surface area contributed by atoms with Gasteiger partial charge >= 0.3 is 0 Å². The number of likely N-dealkylation sites (N-methyl/N-ethyl adjacent to an activating group) is 1. The summed E-state index contributed by atoms with van der Waals surface area (Å²) in [6.07, 6.45) is 6.23. The molecule has 21 heavy (non-hydrogen) atoms. The number of hydrogen-bond acceptors (Lipinski definition) is 2. The Morgan fingerprint density at radius 3 is 2.29 bits per heavy atom. The lowest BCUT2D eigenvalue weighted by Crippen LogP contribution is -2.38. The molecule has 1 unspecified atom stereocenters. The summed E-state index contributed by atoms with van der Waals surface area (Å²) < 4.78 is 6.36. The molecule has 0 aliphatic heterocycles. The molecule has 1 aromatic carbocycles. The first-order valence-electron chi connectivity index (χ1n) is 8.21. The maximum Gasteiger partial charge on any atom is 0.133 e. The number of nitrogens with one attached hydrogen (secondary N) is 1. The van der Waals surface area contributed by atoms with E-state index < -0.39 is 0 Å². The molecular formula is C18H30BrNO. The molecule has 0 aliphatic carbocycles. The van der Waals surface area contributed by atoms with E-state index in [2.05, 4.69) is 60.2 Å². The minimum atomic E-state index is 0.565. The Morgan fingerprint density at radius 1 is 1.14 bits per heavy atom. The van der Waals surface area contributed by atoms with Gasteiger partial charge in [0.25, 0.3) is 0 Å². The van der Waals surface area contributed by atoms with E-state index in [-0.39, 0.29) is 0 Å². The third-order valence-corrected chi connectivity index (χ3v) is 4.65. The summed E-state index contributed by atoms with van der Waals surface area (Å²) in [5.41, 5.74) is 1.37. The molecule has 0 fully saturated rings. The zero-order chi connectivity index (χ0) is 15.7. The number of hydrogen-bond donors (Lipinski definition) is 1. The van der Waals surface area contributed by atoms with Crippen molar-refractivity contribution in [2.75, 3.05) is 13.7 Å². The Bertz CT molecular complexity index is 402. The summed E-state index contributed by atoms with van der Waals surface area (Å²) >= 11 is 3.59. The molecule has 0 heterocycles. The van der Waals surface area contributed by atoms with Gasteiger partial charge < -0.3 is 10.1 Å². The standard InChI is InChI=1S/C18H30BrNO/c1-5-8-15(9-6-2)17(20-7-3)13-14-10-11-18(21-4)16(19)12-14/h10-12,15,17,20H,5-9,13H2,1-4H3. The highest BCUT2D eigenvalue weighted by atomic mass is 79.9. The molecule has 1 atom stereocenters. The van der Waals surface area contributed by atoms with Crippen LogP contribution in [0.3, 0.4) is 0 Å². The molecular weight excluding hydrogens is 326 g/mol.